The molecule has 13 nitrogen and oxygen atoms in total. The van der Waals surface area contributed by atoms with Crippen LogP contribution in [0, 0.1) is 0 Å². The van der Waals surface area contributed by atoms with Crippen molar-refractivity contribution in [2.75, 3.05) is 0 Å². The second-order valence-corrected chi connectivity index (χ2v) is 1.55. The van der Waals surface area contributed by atoms with Crippen LogP contribution < -0.4 is 110 Å². The van der Waals surface area contributed by atoms with E-state index in [1.807, 2.05) is 0 Å². The Hall–Kier alpha value is 0.386. The minimum atomic E-state index is -1.92. The molecular weight excluding hydrogens is 353 g/mol. The summed E-state index contributed by atoms with van der Waals surface area (Å²) >= 11 is 0. The molecule has 0 radical (unpaired) electrons. The molecule has 0 heterocycles. The first-order chi connectivity index (χ1) is 7.98. The molecule has 110 valence electrons. The number of carbonyl (C=O) groups excluding carboxylic acids is 1. The van der Waals surface area contributed by atoms with Gasteiger partial charge in [-0.15, -0.1) is 0 Å². The Morgan fingerprint density at radius 3 is 0.857 bits per heavy atom. The van der Waals surface area contributed by atoms with Crippen molar-refractivity contribution < 1.29 is 179 Å². The van der Waals surface area contributed by atoms with Gasteiger partial charge in [-0.05, 0) is 0 Å². The monoisotopic (exact) mass is 362 g/mol. The van der Waals surface area contributed by atoms with Gasteiger partial charge in [0, 0.05) is 0 Å². The summed E-state index contributed by atoms with van der Waals surface area (Å²) < 4.78 is 6.47. The Morgan fingerprint density at radius 2 is 0.762 bits per heavy atom. The van der Waals surface area contributed by atoms with Gasteiger partial charge in [-0.25, -0.2) is 24.0 Å². The molecule has 0 fully saturated rings. The van der Waals surface area contributed by atoms with Gasteiger partial charge in [0.15, 0.2) is 0 Å². The van der Waals surface area contributed by atoms with E-state index in [-0.39, 0.29) is 115 Å². The number of carbonyl (C=O) groups is 5. The first-order valence-electron chi connectivity index (χ1n) is 3.18. The summed E-state index contributed by atoms with van der Waals surface area (Å²) in [7, 11) is 0. The van der Waals surface area contributed by atoms with Crippen LogP contribution in [0.3, 0.4) is 0 Å². The van der Waals surface area contributed by atoms with Gasteiger partial charge < -0.3 is 44.4 Å². The Bertz CT molecular complexity index is 306. The van der Waals surface area contributed by atoms with Gasteiger partial charge in [0.2, 0.25) is 0 Å². The van der Waals surface area contributed by atoms with E-state index < -0.39 is 30.8 Å². The molecule has 21 heavy (non-hydrogen) atoms. The van der Waals surface area contributed by atoms with Crippen LogP contribution in [0.4, 0.5) is 24.0 Å². The zero-order valence-corrected chi connectivity index (χ0v) is 18.2. The molecule has 0 aromatic heterocycles. The third-order valence-corrected chi connectivity index (χ3v) is 0.341. The van der Waals surface area contributed by atoms with E-state index in [0.29, 0.717) is 0 Å². The van der Waals surface area contributed by atoms with E-state index >= 15 is 0 Å². The fourth-order valence-corrected chi connectivity index (χ4v) is 0.163. The number of hydrogen-bond donors (Lipinski definition) is 6. The van der Waals surface area contributed by atoms with E-state index in [0.717, 1.165) is 0 Å². The van der Waals surface area contributed by atoms with Crippen LogP contribution in [0.15, 0.2) is 0 Å². The summed E-state index contributed by atoms with van der Waals surface area (Å²) in [5.41, 5.74) is 0. The van der Waals surface area contributed by atoms with Gasteiger partial charge in [0.1, 0.15) is 0 Å². The van der Waals surface area contributed by atoms with Crippen LogP contribution >= 0.6 is 0 Å². The molecule has 0 saturated carbocycles. The van der Waals surface area contributed by atoms with Crippen LogP contribution in [0.1, 0.15) is 4.28 Å². The second-order valence-electron chi connectivity index (χ2n) is 1.55. The fourth-order valence-electron chi connectivity index (χ4n) is 0.163. The van der Waals surface area contributed by atoms with Crippen molar-refractivity contribution in [3.05, 3.63) is 0 Å². The Morgan fingerprint density at radius 1 is 0.619 bits per heavy atom. The second kappa shape index (κ2) is 25.3. The van der Waals surface area contributed by atoms with Gasteiger partial charge in [-0.2, -0.15) is 0 Å². The number of ether oxygens (including phenoxy) is 2. The van der Waals surface area contributed by atoms with Crippen LogP contribution in [-0.2, 0) is 9.47 Å². The summed E-state index contributed by atoms with van der Waals surface area (Å²) in [5.74, 6) is 0. The minimum Gasteiger partial charge on any atom is -1.00 e. The van der Waals surface area contributed by atoms with Crippen molar-refractivity contribution in [2.45, 2.75) is 0 Å². The molecule has 0 aliphatic rings. The van der Waals surface area contributed by atoms with Crippen LogP contribution in [-0.4, -0.2) is 61.4 Å². The number of carboxylic acid groups (broad SMARTS) is 6. The first-order valence-corrected chi connectivity index (χ1v) is 3.18. The molecule has 6 N–H and O–H groups in total. The predicted molar refractivity (Wildman–Crippen MR) is 48.3 cm³/mol. The number of rotatable bonds is 0. The zero-order valence-electron chi connectivity index (χ0n) is 14.0. The standard InChI is InChI=1S/C3H2O7.2CH2O3.K.2Na.3H/c4-1(5)9-3(8)10-2(6)7;2*2-1(3)4;;;;;;/h(H,4,5)(H,6,7);2*(H2,2,3,4);;;;;;/q;;;3*+1;3*-1. The smallest absolute Gasteiger partial charge is 1.00 e. The molecule has 0 unspecified atom stereocenters. The molecule has 0 saturated heterocycles. The molecule has 0 aromatic rings. The first kappa shape index (κ1) is 37.5. The molecule has 0 aromatic carbocycles. The summed E-state index contributed by atoms with van der Waals surface area (Å²) in [6, 6.07) is 0. The third-order valence-electron chi connectivity index (χ3n) is 0.341. The van der Waals surface area contributed by atoms with Crippen LogP contribution in [0.2, 0.25) is 0 Å². The maximum atomic E-state index is 9.86. The molecule has 0 aliphatic carbocycles. The fraction of sp³-hybridized carbons (Fsp3) is 0. The van der Waals surface area contributed by atoms with Gasteiger partial charge in [-0.3, -0.25) is 0 Å². The summed E-state index contributed by atoms with van der Waals surface area (Å²) in [6.45, 7) is 0. The van der Waals surface area contributed by atoms with E-state index in [1.165, 1.54) is 0 Å². The molecular formula is C5H9KNa2O13. The Balaban J connectivity index is -0.0000000202. The van der Waals surface area contributed by atoms with Crippen LogP contribution in [0.25, 0.3) is 0 Å². The number of hydrogen-bond acceptors (Lipinski definition) is 7. The van der Waals surface area contributed by atoms with Gasteiger partial charge >= 0.3 is 141 Å². The maximum Gasteiger partial charge on any atom is 1.00 e. The van der Waals surface area contributed by atoms with Gasteiger partial charge in [0.25, 0.3) is 0 Å². The van der Waals surface area contributed by atoms with E-state index in [2.05, 4.69) is 9.47 Å². The normalized spacial score (nSPS) is 6.10. The summed E-state index contributed by atoms with van der Waals surface area (Å²) in [6.07, 6.45) is -9.31. The molecule has 0 bridgehead atoms. The van der Waals surface area contributed by atoms with Gasteiger partial charge in [0.05, 0.1) is 0 Å². The van der Waals surface area contributed by atoms with E-state index in [9.17, 15) is 14.4 Å². The van der Waals surface area contributed by atoms with Crippen LogP contribution in [0.5, 0.6) is 0 Å². The molecule has 0 amide bonds. The average Bonchev–Trinajstić information content (AvgIpc) is 1.96. The zero-order chi connectivity index (χ0) is 15.3. The minimum absolute atomic E-state index is 0. The van der Waals surface area contributed by atoms with Crippen molar-refractivity contribution >= 4 is 30.8 Å². The summed E-state index contributed by atoms with van der Waals surface area (Å²) in [4.78, 5) is 45.9. The summed E-state index contributed by atoms with van der Waals surface area (Å²) in [5, 5.41) is 43.3. The van der Waals surface area contributed by atoms with Crippen molar-refractivity contribution in [3.63, 3.8) is 0 Å². The van der Waals surface area contributed by atoms with E-state index in [1.54, 1.807) is 0 Å². The SMILES string of the molecule is O=C(O)O.O=C(O)O.O=C(O)OC(=O)OC(=O)O.[H-].[H-].[H-].[K+].[Na+].[Na+]. The quantitative estimate of drug-likeness (QED) is 0.134. The largest absolute Gasteiger partial charge is 1.00 e. The third kappa shape index (κ3) is 98.0. The van der Waals surface area contributed by atoms with Crippen molar-refractivity contribution in [1.82, 2.24) is 0 Å². The maximum absolute atomic E-state index is 9.86. The van der Waals surface area contributed by atoms with Crippen molar-refractivity contribution in [1.29, 1.82) is 0 Å². The molecule has 0 rings (SSSR count). The average molecular weight is 362 g/mol. The van der Waals surface area contributed by atoms with Crippen molar-refractivity contribution in [2.24, 2.45) is 0 Å². The predicted octanol–water partition coefficient (Wildman–Crippen LogP) is -7.71. The Labute approximate surface area is 206 Å². The van der Waals surface area contributed by atoms with Gasteiger partial charge in [-0.1, -0.05) is 0 Å². The molecule has 0 atom stereocenters. The van der Waals surface area contributed by atoms with Crippen molar-refractivity contribution in [3.8, 4) is 0 Å². The Kier molecular flexibility index (Phi) is 45.3. The van der Waals surface area contributed by atoms with E-state index in [4.69, 9.17) is 40.2 Å². The topological polar surface area (TPSA) is 225 Å². The molecule has 0 aliphatic heterocycles. The molecule has 16 heteroatoms. The molecule has 0 spiro atoms.